The van der Waals surface area contributed by atoms with Crippen LogP contribution in [0.3, 0.4) is 0 Å². The summed E-state index contributed by atoms with van der Waals surface area (Å²) in [5.74, 6) is 0. The Hall–Kier alpha value is -1.14. The predicted molar refractivity (Wildman–Crippen MR) is 84.6 cm³/mol. The molecule has 0 aromatic carbocycles. The van der Waals surface area contributed by atoms with E-state index in [9.17, 15) is 9.90 Å². The average molecular weight is 311 g/mol. The van der Waals surface area contributed by atoms with Crippen molar-refractivity contribution >= 4 is 17.4 Å². The topological polar surface area (TPSA) is 74.2 Å². The van der Waals surface area contributed by atoms with Crippen molar-refractivity contribution in [3.8, 4) is 0 Å². The maximum absolute atomic E-state index is 11.7. The minimum atomic E-state index is -0.699. The van der Waals surface area contributed by atoms with Crippen molar-refractivity contribution in [3.05, 3.63) is 16.1 Å². The zero-order valence-corrected chi connectivity index (χ0v) is 13.5. The summed E-state index contributed by atoms with van der Waals surface area (Å²) in [6.45, 7) is 3.01. The standard InChI is InChI=1S/C15H25N3O2S/c1-12-13(21-11-18-12)6-5-9-16-14(19)17-10-15(20)7-3-2-4-8-15/h11,20H,2-10H2,1H3,(H2,16,17,19). The number of nitrogens with one attached hydrogen (secondary N) is 2. The normalized spacial score (nSPS) is 17.4. The van der Waals surface area contributed by atoms with Crippen LogP contribution < -0.4 is 10.6 Å². The Morgan fingerprint density at radius 2 is 2.14 bits per heavy atom. The van der Waals surface area contributed by atoms with Crippen molar-refractivity contribution < 1.29 is 9.90 Å². The zero-order valence-electron chi connectivity index (χ0n) is 12.7. The van der Waals surface area contributed by atoms with E-state index in [1.807, 2.05) is 12.4 Å². The number of aromatic nitrogens is 1. The van der Waals surface area contributed by atoms with Crippen LogP contribution in [0, 0.1) is 6.92 Å². The molecule has 6 heteroatoms. The molecule has 1 heterocycles. The Morgan fingerprint density at radius 3 is 2.81 bits per heavy atom. The third kappa shape index (κ3) is 5.28. The molecule has 1 fully saturated rings. The monoisotopic (exact) mass is 311 g/mol. The highest BCUT2D eigenvalue weighted by Gasteiger charge is 2.29. The lowest BCUT2D eigenvalue weighted by molar-refractivity contribution is 0.00720. The second-order valence-electron chi connectivity index (χ2n) is 5.86. The number of hydrogen-bond acceptors (Lipinski definition) is 4. The predicted octanol–water partition coefficient (Wildman–Crippen LogP) is 2.38. The van der Waals surface area contributed by atoms with E-state index in [2.05, 4.69) is 15.6 Å². The third-order valence-corrected chi connectivity index (χ3v) is 5.07. The van der Waals surface area contributed by atoms with Gasteiger partial charge in [0.05, 0.1) is 16.8 Å². The van der Waals surface area contributed by atoms with Crippen LogP contribution in [0.1, 0.15) is 49.1 Å². The number of nitrogens with zero attached hydrogens (tertiary/aromatic N) is 1. The largest absolute Gasteiger partial charge is 0.388 e. The third-order valence-electron chi connectivity index (χ3n) is 4.07. The highest BCUT2D eigenvalue weighted by atomic mass is 32.1. The van der Waals surface area contributed by atoms with Crippen molar-refractivity contribution in [2.45, 2.75) is 57.5 Å². The number of amides is 2. The van der Waals surface area contributed by atoms with Crippen LogP contribution >= 0.6 is 11.3 Å². The molecule has 0 spiro atoms. The number of aliphatic hydroxyl groups is 1. The van der Waals surface area contributed by atoms with Crippen molar-refractivity contribution in [2.24, 2.45) is 0 Å². The van der Waals surface area contributed by atoms with Crippen LogP contribution in [0.5, 0.6) is 0 Å². The molecule has 0 aliphatic heterocycles. The Morgan fingerprint density at radius 1 is 1.38 bits per heavy atom. The molecule has 0 atom stereocenters. The van der Waals surface area contributed by atoms with Gasteiger partial charge in [-0.15, -0.1) is 11.3 Å². The summed E-state index contributed by atoms with van der Waals surface area (Å²) in [6, 6.07) is -0.185. The summed E-state index contributed by atoms with van der Waals surface area (Å²) in [5.41, 5.74) is 2.24. The SMILES string of the molecule is Cc1ncsc1CCCNC(=O)NCC1(O)CCCCC1. The molecule has 2 rings (SSSR count). The van der Waals surface area contributed by atoms with Crippen molar-refractivity contribution in [1.29, 1.82) is 0 Å². The summed E-state index contributed by atoms with van der Waals surface area (Å²) in [7, 11) is 0. The van der Waals surface area contributed by atoms with Crippen molar-refractivity contribution in [1.82, 2.24) is 15.6 Å². The molecule has 3 N–H and O–H groups in total. The first-order valence-corrected chi connectivity index (χ1v) is 8.60. The number of carbonyl (C=O) groups is 1. The molecule has 5 nitrogen and oxygen atoms in total. The summed E-state index contributed by atoms with van der Waals surface area (Å²) in [5, 5.41) is 15.9. The summed E-state index contributed by atoms with van der Waals surface area (Å²) >= 11 is 1.66. The Kier molecular flexibility index (Phi) is 5.99. The molecule has 1 aromatic heterocycles. The lowest BCUT2D eigenvalue weighted by Crippen LogP contribution is -2.47. The zero-order chi connectivity index (χ0) is 15.1. The van der Waals surface area contributed by atoms with Gasteiger partial charge in [-0.1, -0.05) is 19.3 Å². The van der Waals surface area contributed by atoms with Gasteiger partial charge in [-0.3, -0.25) is 0 Å². The first-order valence-electron chi connectivity index (χ1n) is 7.72. The van der Waals surface area contributed by atoms with E-state index in [0.717, 1.165) is 44.2 Å². The highest BCUT2D eigenvalue weighted by molar-refractivity contribution is 7.09. The highest BCUT2D eigenvalue weighted by Crippen LogP contribution is 2.27. The number of carbonyl (C=O) groups excluding carboxylic acids is 1. The van der Waals surface area contributed by atoms with Gasteiger partial charge in [-0.25, -0.2) is 9.78 Å². The van der Waals surface area contributed by atoms with Gasteiger partial charge in [0.1, 0.15) is 0 Å². The minimum Gasteiger partial charge on any atom is -0.388 e. The lowest BCUT2D eigenvalue weighted by Gasteiger charge is -2.32. The smallest absolute Gasteiger partial charge is 0.314 e. The van der Waals surface area contributed by atoms with E-state index in [-0.39, 0.29) is 6.03 Å². The van der Waals surface area contributed by atoms with Crippen molar-refractivity contribution in [3.63, 3.8) is 0 Å². The fourth-order valence-electron chi connectivity index (χ4n) is 2.71. The number of urea groups is 1. The van der Waals surface area contributed by atoms with Gasteiger partial charge in [-0.05, 0) is 32.6 Å². The Labute approximate surface area is 130 Å². The van der Waals surface area contributed by atoms with E-state index in [0.29, 0.717) is 13.1 Å². The second kappa shape index (κ2) is 7.75. The van der Waals surface area contributed by atoms with Crippen LogP contribution in [0.2, 0.25) is 0 Å². The minimum absolute atomic E-state index is 0.185. The Balaban J connectivity index is 1.58. The quantitative estimate of drug-likeness (QED) is 0.706. The molecule has 1 aromatic rings. The van der Waals surface area contributed by atoms with Gasteiger partial charge < -0.3 is 15.7 Å². The van der Waals surface area contributed by atoms with Gasteiger partial charge in [-0.2, -0.15) is 0 Å². The van der Waals surface area contributed by atoms with Gasteiger partial charge >= 0.3 is 6.03 Å². The van der Waals surface area contributed by atoms with Crippen molar-refractivity contribution in [2.75, 3.05) is 13.1 Å². The van der Waals surface area contributed by atoms with Crippen LogP contribution in [-0.4, -0.2) is 34.8 Å². The van der Waals surface area contributed by atoms with E-state index < -0.39 is 5.60 Å². The summed E-state index contributed by atoms with van der Waals surface area (Å²) < 4.78 is 0. The summed E-state index contributed by atoms with van der Waals surface area (Å²) in [6.07, 6.45) is 6.71. The fourth-order valence-corrected chi connectivity index (χ4v) is 3.53. The van der Waals surface area contributed by atoms with Gasteiger partial charge in [0.15, 0.2) is 0 Å². The molecule has 0 saturated heterocycles. The number of rotatable bonds is 6. The van der Waals surface area contributed by atoms with E-state index >= 15 is 0 Å². The lowest BCUT2D eigenvalue weighted by atomic mass is 9.85. The van der Waals surface area contributed by atoms with E-state index in [4.69, 9.17) is 0 Å². The maximum Gasteiger partial charge on any atom is 0.314 e. The van der Waals surface area contributed by atoms with Crippen LogP contribution in [-0.2, 0) is 6.42 Å². The first kappa shape index (κ1) is 16.2. The fraction of sp³-hybridized carbons (Fsp3) is 0.733. The van der Waals surface area contributed by atoms with E-state index in [1.165, 1.54) is 11.3 Å². The van der Waals surface area contributed by atoms with Crippen LogP contribution in [0.15, 0.2) is 5.51 Å². The molecule has 0 radical (unpaired) electrons. The Bertz CT molecular complexity index is 456. The average Bonchev–Trinajstić information content (AvgIpc) is 2.88. The molecule has 1 saturated carbocycles. The summed E-state index contributed by atoms with van der Waals surface area (Å²) in [4.78, 5) is 17.2. The molecule has 0 unspecified atom stereocenters. The molecule has 1 aliphatic carbocycles. The molecule has 1 aliphatic rings. The van der Waals surface area contributed by atoms with Gasteiger partial charge in [0.2, 0.25) is 0 Å². The van der Waals surface area contributed by atoms with Gasteiger partial charge in [0, 0.05) is 18.0 Å². The van der Waals surface area contributed by atoms with Crippen LogP contribution in [0.4, 0.5) is 4.79 Å². The van der Waals surface area contributed by atoms with E-state index in [1.54, 1.807) is 11.3 Å². The first-order chi connectivity index (χ1) is 10.1. The molecule has 118 valence electrons. The maximum atomic E-state index is 11.7. The number of thiazole rings is 1. The molecular formula is C15H25N3O2S. The molecular weight excluding hydrogens is 286 g/mol. The molecule has 21 heavy (non-hydrogen) atoms. The number of aryl methyl sites for hydroxylation is 2. The number of hydrogen-bond donors (Lipinski definition) is 3. The second-order valence-corrected chi connectivity index (χ2v) is 6.80. The molecule has 0 bridgehead atoms. The van der Waals surface area contributed by atoms with Gasteiger partial charge in [0.25, 0.3) is 0 Å². The van der Waals surface area contributed by atoms with Crippen LogP contribution in [0.25, 0.3) is 0 Å². The molecule has 2 amide bonds.